The maximum atomic E-state index is 14.0. The molecule has 1 aromatic rings. The molecule has 2 N–H and O–H groups in total. The number of sulfonamides is 1. The summed E-state index contributed by atoms with van der Waals surface area (Å²) < 4.78 is 58.4. The fourth-order valence-corrected chi connectivity index (χ4v) is 3.41. The number of carboxylic acids is 1. The summed E-state index contributed by atoms with van der Waals surface area (Å²) in [4.78, 5) is 10.1. The average Bonchev–Trinajstić information content (AvgIpc) is 2.76. The summed E-state index contributed by atoms with van der Waals surface area (Å²) in [7, 11) is -4.39. The lowest BCUT2D eigenvalue weighted by atomic mass is 10.1. The van der Waals surface area contributed by atoms with E-state index in [-0.39, 0.29) is 18.8 Å². The highest BCUT2D eigenvalue weighted by Crippen LogP contribution is 2.22. The van der Waals surface area contributed by atoms with Crippen molar-refractivity contribution < 1.29 is 31.8 Å². The van der Waals surface area contributed by atoms with E-state index < -0.39 is 44.5 Å². The lowest BCUT2D eigenvalue weighted by Gasteiger charge is -2.15. The van der Waals surface area contributed by atoms with Gasteiger partial charge in [-0.25, -0.2) is 26.7 Å². The first-order chi connectivity index (χ1) is 9.72. The molecule has 0 unspecified atom stereocenters. The third-order valence-electron chi connectivity index (χ3n) is 3.02. The fraction of sp³-hybridized carbons (Fsp3) is 0.417. The highest BCUT2D eigenvalue weighted by atomic mass is 32.2. The number of hydrogen-bond acceptors (Lipinski definition) is 4. The Balaban J connectivity index is 2.42. The maximum absolute atomic E-state index is 14.0. The minimum absolute atomic E-state index is 0.167. The zero-order chi connectivity index (χ0) is 15.8. The predicted molar refractivity (Wildman–Crippen MR) is 67.9 cm³/mol. The van der Waals surface area contributed by atoms with E-state index in [9.17, 15) is 22.0 Å². The molecule has 0 aromatic heterocycles. The van der Waals surface area contributed by atoms with Gasteiger partial charge in [-0.05, 0) is 24.6 Å². The summed E-state index contributed by atoms with van der Waals surface area (Å²) in [6.45, 7) is 1.02. The number of nitrogens with one attached hydrogen (secondary N) is 1. The van der Waals surface area contributed by atoms with Crippen LogP contribution >= 0.6 is 0 Å². The minimum atomic E-state index is -4.39. The number of aryl methyl sites for hydroxylation is 1. The van der Waals surface area contributed by atoms with Crippen LogP contribution in [0.1, 0.15) is 15.9 Å². The Labute approximate surface area is 119 Å². The van der Waals surface area contributed by atoms with Gasteiger partial charge in [-0.1, -0.05) is 0 Å². The number of halogens is 2. The first-order valence-corrected chi connectivity index (χ1v) is 7.48. The lowest BCUT2D eigenvalue weighted by Crippen LogP contribution is -2.41. The number of carbonyl (C=O) groups is 1. The molecule has 0 aliphatic carbocycles. The number of ether oxygens (including phenoxy) is 1. The molecule has 0 amide bonds. The van der Waals surface area contributed by atoms with Crippen molar-refractivity contribution in [2.45, 2.75) is 24.0 Å². The molecule has 116 valence electrons. The zero-order valence-electron chi connectivity index (χ0n) is 11.0. The van der Waals surface area contributed by atoms with E-state index in [2.05, 4.69) is 0 Å². The molecule has 6 nitrogen and oxygen atoms in total. The Morgan fingerprint density at radius 3 is 2.62 bits per heavy atom. The Bertz CT molecular complexity index is 676. The standard InChI is InChI=1S/C12H13F2NO5S/c1-6-2-7(12(16)17)11(14)10(3-6)21(18,19)15-9-5-20-4-8(9)13/h2-3,8-9,15H,4-5H2,1H3,(H,16,17)/t8-,9+/m0/s1. The van der Waals surface area contributed by atoms with Crippen LogP contribution in [0.2, 0.25) is 0 Å². The van der Waals surface area contributed by atoms with Crippen molar-refractivity contribution in [2.24, 2.45) is 0 Å². The summed E-state index contributed by atoms with van der Waals surface area (Å²) in [6, 6.07) is 0.892. The SMILES string of the molecule is Cc1cc(C(=O)O)c(F)c(S(=O)(=O)N[C@@H]2COC[C@@H]2F)c1. The number of hydrogen-bond donors (Lipinski definition) is 2. The van der Waals surface area contributed by atoms with E-state index in [0.29, 0.717) is 0 Å². The summed E-state index contributed by atoms with van der Waals surface area (Å²) in [5, 5.41) is 8.87. The molecule has 0 spiro atoms. The molecule has 0 bridgehead atoms. The van der Waals surface area contributed by atoms with Crippen LogP contribution in [0.3, 0.4) is 0 Å². The molecule has 1 aliphatic heterocycles. The Morgan fingerprint density at radius 1 is 1.43 bits per heavy atom. The van der Waals surface area contributed by atoms with Gasteiger partial charge < -0.3 is 9.84 Å². The van der Waals surface area contributed by atoms with Gasteiger partial charge in [0.15, 0.2) is 5.82 Å². The molecular formula is C12H13F2NO5S. The Kier molecular flexibility index (Phi) is 4.26. The van der Waals surface area contributed by atoms with E-state index in [4.69, 9.17) is 9.84 Å². The summed E-state index contributed by atoms with van der Waals surface area (Å²) in [5.41, 5.74) is -0.497. The van der Waals surface area contributed by atoms with Gasteiger partial charge >= 0.3 is 5.97 Å². The molecule has 2 atom stereocenters. The second-order valence-corrected chi connectivity index (χ2v) is 6.39. The number of benzene rings is 1. The van der Waals surface area contributed by atoms with Crippen LogP contribution in [0.15, 0.2) is 17.0 Å². The largest absolute Gasteiger partial charge is 0.478 e. The normalized spacial score (nSPS) is 22.4. The highest BCUT2D eigenvalue weighted by Gasteiger charge is 2.34. The predicted octanol–water partition coefficient (Wildman–Crippen LogP) is 0.848. The minimum Gasteiger partial charge on any atom is -0.478 e. The van der Waals surface area contributed by atoms with Crippen LogP contribution in [0.5, 0.6) is 0 Å². The second-order valence-electron chi connectivity index (χ2n) is 4.71. The Morgan fingerprint density at radius 2 is 2.10 bits per heavy atom. The van der Waals surface area contributed by atoms with Crippen molar-refractivity contribution in [3.63, 3.8) is 0 Å². The van der Waals surface area contributed by atoms with Gasteiger partial charge in [-0.15, -0.1) is 0 Å². The van der Waals surface area contributed by atoms with Crippen molar-refractivity contribution in [3.8, 4) is 0 Å². The quantitative estimate of drug-likeness (QED) is 0.857. The number of alkyl halides is 1. The first-order valence-electron chi connectivity index (χ1n) is 6.00. The van der Waals surface area contributed by atoms with Crippen LogP contribution in [-0.4, -0.2) is 44.9 Å². The van der Waals surface area contributed by atoms with E-state index >= 15 is 0 Å². The van der Waals surface area contributed by atoms with E-state index in [1.807, 2.05) is 4.72 Å². The van der Waals surface area contributed by atoms with Gasteiger partial charge in [0.1, 0.15) is 11.1 Å². The smallest absolute Gasteiger partial charge is 0.338 e. The van der Waals surface area contributed by atoms with Crippen LogP contribution in [-0.2, 0) is 14.8 Å². The molecule has 1 saturated heterocycles. The first kappa shape index (κ1) is 15.8. The molecule has 9 heteroatoms. The number of rotatable bonds is 4. The third-order valence-corrected chi connectivity index (χ3v) is 4.51. The second kappa shape index (κ2) is 5.66. The van der Waals surface area contributed by atoms with E-state index in [1.54, 1.807) is 0 Å². The molecular weight excluding hydrogens is 308 g/mol. The fourth-order valence-electron chi connectivity index (χ4n) is 1.99. The molecule has 0 saturated carbocycles. The topological polar surface area (TPSA) is 92.7 Å². The van der Waals surface area contributed by atoms with Gasteiger partial charge in [0.2, 0.25) is 10.0 Å². The van der Waals surface area contributed by atoms with Gasteiger partial charge in [0.05, 0.1) is 24.8 Å². The van der Waals surface area contributed by atoms with Gasteiger partial charge in [-0.2, -0.15) is 0 Å². The molecule has 1 aromatic carbocycles. The van der Waals surface area contributed by atoms with Crippen LogP contribution in [0, 0.1) is 12.7 Å². The molecule has 1 fully saturated rings. The van der Waals surface area contributed by atoms with Crippen LogP contribution in [0.4, 0.5) is 8.78 Å². The molecule has 2 rings (SSSR count). The van der Waals surface area contributed by atoms with E-state index in [1.165, 1.54) is 6.92 Å². The highest BCUT2D eigenvalue weighted by molar-refractivity contribution is 7.89. The summed E-state index contributed by atoms with van der Waals surface area (Å²) in [6.07, 6.45) is -1.54. The van der Waals surface area contributed by atoms with Gasteiger partial charge in [0, 0.05) is 0 Å². The molecule has 21 heavy (non-hydrogen) atoms. The molecule has 0 radical (unpaired) electrons. The van der Waals surface area contributed by atoms with Crippen LogP contribution < -0.4 is 4.72 Å². The Hall–Kier alpha value is -1.58. The van der Waals surface area contributed by atoms with Crippen LogP contribution in [0.25, 0.3) is 0 Å². The maximum Gasteiger partial charge on any atom is 0.338 e. The monoisotopic (exact) mass is 321 g/mol. The lowest BCUT2D eigenvalue weighted by molar-refractivity contribution is 0.0691. The summed E-state index contributed by atoms with van der Waals surface area (Å²) >= 11 is 0. The summed E-state index contributed by atoms with van der Waals surface area (Å²) in [5.74, 6) is -2.96. The van der Waals surface area contributed by atoms with Crippen molar-refractivity contribution >= 4 is 16.0 Å². The number of carboxylic acid groups (broad SMARTS) is 1. The number of aromatic carboxylic acids is 1. The van der Waals surface area contributed by atoms with Gasteiger partial charge in [0.25, 0.3) is 0 Å². The van der Waals surface area contributed by atoms with Crippen molar-refractivity contribution in [3.05, 3.63) is 29.1 Å². The zero-order valence-corrected chi connectivity index (χ0v) is 11.8. The third kappa shape index (κ3) is 3.20. The molecule has 1 heterocycles. The van der Waals surface area contributed by atoms with Gasteiger partial charge in [-0.3, -0.25) is 0 Å². The van der Waals surface area contributed by atoms with E-state index in [0.717, 1.165) is 12.1 Å². The van der Waals surface area contributed by atoms with Crippen molar-refractivity contribution in [2.75, 3.05) is 13.2 Å². The van der Waals surface area contributed by atoms with Crippen molar-refractivity contribution in [1.82, 2.24) is 4.72 Å². The average molecular weight is 321 g/mol. The molecule has 1 aliphatic rings. The van der Waals surface area contributed by atoms with Crippen molar-refractivity contribution in [1.29, 1.82) is 0 Å².